The topological polar surface area (TPSA) is 15.3 Å². The smallest absolute Gasteiger partial charge is 0.125 e. The molecule has 0 aromatic heterocycles. The Kier molecular flexibility index (Phi) is 4.69. The third kappa shape index (κ3) is 2.98. The third-order valence-electron chi connectivity index (χ3n) is 4.81. The molecular weight excluding hydrogens is 251 g/mol. The average molecular weight is 278 g/mol. The number of anilines is 1. The van der Waals surface area contributed by atoms with Crippen LogP contribution in [0.25, 0.3) is 0 Å². The fraction of sp³-hybridized carbons (Fsp3) is 0.647. The number of aryl methyl sites for hydroxylation is 1. The highest BCUT2D eigenvalue weighted by Gasteiger charge is 2.36. The van der Waals surface area contributed by atoms with Gasteiger partial charge >= 0.3 is 0 Å². The van der Waals surface area contributed by atoms with Crippen molar-refractivity contribution in [3.8, 4) is 0 Å². The van der Waals surface area contributed by atoms with Gasteiger partial charge in [0.25, 0.3) is 0 Å². The van der Waals surface area contributed by atoms with E-state index in [1.807, 2.05) is 6.92 Å². The highest BCUT2D eigenvalue weighted by molar-refractivity contribution is 5.51. The first-order valence-electron chi connectivity index (χ1n) is 7.82. The maximum Gasteiger partial charge on any atom is 0.125 e. The van der Waals surface area contributed by atoms with Crippen molar-refractivity contribution >= 4 is 5.69 Å². The molecule has 1 atom stereocenters. The standard InChI is InChI=1S/C17H27FN2/c1-5-15-11-19-17(6-2,7-3)12-20(15)16-9-13(4)8-14(18)10-16/h8-10,15,19H,5-7,11-12H2,1-4H3. The molecule has 2 nitrogen and oxygen atoms in total. The van der Waals surface area contributed by atoms with Crippen LogP contribution in [0.1, 0.15) is 45.6 Å². The summed E-state index contributed by atoms with van der Waals surface area (Å²) in [7, 11) is 0. The Morgan fingerprint density at radius 1 is 1.25 bits per heavy atom. The zero-order valence-electron chi connectivity index (χ0n) is 13.2. The molecule has 1 saturated heterocycles. The number of hydrogen-bond donors (Lipinski definition) is 1. The van der Waals surface area contributed by atoms with Crippen molar-refractivity contribution in [2.75, 3.05) is 18.0 Å². The normalized spacial score (nSPS) is 22.1. The maximum atomic E-state index is 13.7. The predicted molar refractivity (Wildman–Crippen MR) is 83.9 cm³/mol. The van der Waals surface area contributed by atoms with Crippen molar-refractivity contribution < 1.29 is 4.39 Å². The average Bonchev–Trinajstić information content (AvgIpc) is 2.45. The van der Waals surface area contributed by atoms with Crippen LogP contribution in [0.5, 0.6) is 0 Å². The Morgan fingerprint density at radius 2 is 1.95 bits per heavy atom. The molecule has 20 heavy (non-hydrogen) atoms. The van der Waals surface area contributed by atoms with Crippen LogP contribution in [-0.2, 0) is 0 Å². The van der Waals surface area contributed by atoms with E-state index in [1.54, 1.807) is 12.1 Å². The summed E-state index contributed by atoms with van der Waals surface area (Å²) >= 11 is 0. The van der Waals surface area contributed by atoms with Crippen molar-refractivity contribution in [2.24, 2.45) is 0 Å². The molecule has 1 fully saturated rings. The van der Waals surface area contributed by atoms with Crippen LogP contribution in [0.2, 0.25) is 0 Å². The number of piperazine rings is 1. The SMILES string of the molecule is CCC1CNC(CC)(CC)CN1c1cc(C)cc(F)c1. The fourth-order valence-electron chi connectivity index (χ4n) is 3.23. The fourth-order valence-corrected chi connectivity index (χ4v) is 3.23. The number of nitrogens with zero attached hydrogens (tertiary/aromatic N) is 1. The van der Waals surface area contributed by atoms with Crippen LogP contribution in [0.15, 0.2) is 18.2 Å². The number of rotatable bonds is 4. The Hall–Kier alpha value is -1.09. The van der Waals surface area contributed by atoms with Crippen LogP contribution < -0.4 is 10.2 Å². The quantitative estimate of drug-likeness (QED) is 0.899. The molecule has 2 rings (SSSR count). The summed E-state index contributed by atoms with van der Waals surface area (Å²) in [6.07, 6.45) is 3.28. The summed E-state index contributed by atoms with van der Waals surface area (Å²) in [5.74, 6) is -0.132. The lowest BCUT2D eigenvalue weighted by Gasteiger charge is -2.48. The lowest BCUT2D eigenvalue weighted by atomic mass is 9.87. The Balaban J connectivity index is 2.33. The Morgan fingerprint density at radius 3 is 2.50 bits per heavy atom. The first kappa shape index (κ1) is 15.3. The molecule has 0 amide bonds. The van der Waals surface area contributed by atoms with Gasteiger partial charge < -0.3 is 10.2 Å². The maximum absolute atomic E-state index is 13.7. The van der Waals surface area contributed by atoms with Gasteiger partial charge in [0.15, 0.2) is 0 Å². The van der Waals surface area contributed by atoms with Crippen molar-refractivity contribution in [2.45, 2.75) is 58.5 Å². The van der Waals surface area contributed by atoms with E-state index < -0.39 is 0 Å². The van der Waals surface area contributed by atoms with E-state index in [2.05, 4.69) is 37.1 Å². The van der Waals surface area contributed by atoms with Gasteiger partial charge in [-0.15, -0.1) is 0 Å². The van der Waals surface area contributed by atoms with E-state index in [-0.39, 0.29) is 11.4 Å². The highest BCUT2D eigenvalue weighted by Crippen LogP contribution is 2.29. The van der Waals surface area contributed by atoms with Crippen molar-refractivity contribution in [1.82, 2.24) is 5.32 Å². The second-order valence-corrected chi connectivity index (χ2v) is 6.05. The van der Waals surface area contributed by atoms with Gasteiger partial charge in [-0.1, -0.05) is 20.8 Å². The molecule has 3 heteroatoms. The molecule has 112 valence electrons. The zero-order valence-corrected chi connectivity index (χ0v) is 13.2. The number of halogens is 1. The van der Waals surface area contributed by atoms with Gasteiger partial charge in [0.2, 0.25) is 0 Å². The van der Waals surface area contributed by atoms with Gasteiger partial charge in [-0.25, -0.2) is 4.39 Å². The van der Waals surface area contributed by atoms with Gasteiger partial charge in [-0.05, 0) is 49.9 Å². The summed E-state index contributed by atoms with van der Waals surface area (Å²) < 4.78 is 13.7. The first-order chi connectivity index (χ1) is 9.53. The highest BCUT2D eigenvalue weighted by atomic mass is 19.1. The van der Waals surface area contributed by atoms with Gasteiger partial charge in [-0.3, -0.25) is 0 Å². The Labute approximate surface area is 122 Å². The van der Waals surface area contributed by atoms with Crippen LogP contribution >= 0.6 is 0 Å². The molecule has 1 aliphatic heterocycles. The second kappa shape index (κ2) is 6.13. The van der Waals surface area contributed by atoms with E-state index in [0.29, 0.717) is 6.04 Å². The largest absolute Gasteiger partial charge is 0.365 e. The van der Waals surface area contributed by atoms with E-state index in [4.69, 9.17) is 0 Å². The minimum Gasteiger partial charge on any atom is -0.365 e. The van der Waals surface area contributed by atoms with Crippen molar-refractivity contribution in [1.29, 1.82) is 0 Å². The van der Waals surface area contributed by atoms with Gasteiger partial charge in [0.05, 0.1) is 0 Å². The minimum absolute atomic E-state index is 0.132. The molecule has 1 unspecified atom stereocenters. The van der Waals surface area contributed by atoms with Crippen LogP contribution in [0.3, 0.4) is 0 Å². The van der Waals surface area contributed by atoms with E-state index >= 15 is 0 Å². The summed E-state index contributed by atoms with van der Waals surface area (Å²) in [6, 6.07) is 5.83. The van der Waals surface area contributed by atoms with Gasteiger partial charge in [0, 0.05) is 30.4 Å². The lowest BCUT2D eigenvalue weighted by molar-refractivity contribution is 0.246. The third-order valence-corrected chi connectivity index (χ3v) is 4.81. The first-order valence-corrected chi connectivity index (χ1v) is 7.82. The molecule has 1 N–H and O–H groups in total. The van der Waals surface area contributed by atoms with E-state index in [0.717, 1.165) is 43.6 Å². The van der Waals surface area contributed by atoms with Gasteiger partial charge in [-0.2, -0.15) is 0 Å². The monoisotopic (exact) mass is 278 g/mol. The molecule has 0 bridgehead atoms. The van der Waals surface area contributed by atoms with Crippen molar-refractivity contribution in [3.63, 3.8) is 0 Å². The van der Waals surface area contributed by atoms with Crippen LogP contribution in [-0.4, -0.2) is 24.7 Å². The molecule has 0 saturated carbocycles. The molecule has 0 aliphatic carbocycles. The number of hydrogen-bond acceptors (Lipinski definition) is 2. The van der Waals surface area contributed by atoms with Gasteiger partial charge in [0.1, 0.15) is 5.82 Å². The van der Waals surface area contributed by atoms with E-state index in [1.165, 1.54) is 0 Å². The minimum atomic E-state index is -0.132. The molecule has 1 heterocycles. The zero-order chi connectivity index (χ0) is 14.8. The molecule has 0 spiro atoms. The molecule has 0 radical (unpaired) electrons. The predicted octanol–water partition coefficient (Wildman–Crippen LogP) is 3.88. The summed E-state index contributed by atoms with van der Waals surface area (Å²) in [5, 5.41) is 3.73. The number of nitrogens with one attached hydrogen (secondary N) is 1. The summed E-state index contributed by atoms with van der Waals surface area (Å²) in [5.41, 5.74) is 2.18. The summed E-state index contributed by atoms with van der Waals surface area (Å²) in [6.45, 7) is 10.6. The molecule has 1 aromatic carbocycles. The van der Waals surface area contributed by atoms with Crippen molar-refractivity contribution in [3.05, 3.63) is 29.6 Å². The summed E-state index contributed by atoms with van der Waals surface area (Å²) in [4.78, 5) is 2.40. The molecule has 1 aliphatic rings. The van der Waals surface area contributed by atoms with Crippen LogP contribution in [0, 0.1) is 12.7 Å². The Bertz CT molecular complexity index is 434. The molecular formula is C17H27FN2. The molecule has 1 aromatic rings. The lowest BCUT2D eigenvalue weighted by Crippen LogP contribution is -2.64. The van der Waals surface area contributed by atoms with E-state index in [9.17, 15) is 4.39 Å². The number of benzene rings is 1. The second-order valence-electron chi connectivity index (χ2n) is 6.05. The van der Waals surface area contributed by atoms with Crippen LogP contribution in [0.4, 0.5) is 10.1 Å².